The lowest BCUT2D eigenvalue weighted by atomic mass is 10.1. The van der Waals surface area contributed by atoms with E-state index >= 15 is 0 Å². The Kier molecular flexibility index (Phi) is 8.46. The number of carbonyl (C=O) groups excluding carboxylic acids is 1. The Labute approximate surface area is 256 Å². The van der Waals surface area contributed by atoms with Gasteiger partial charge < -0.3 is 0 Å². The number of carbonyl (C=O) groups is 1. The summed E-state index contributed by atoms with van der Waals surface area (Å²) in [7, 11) is -14.0. The van der Waals surface area contributed by atoms with Crippen molar-refractivity contribution in [3.05, 3.63) is 102 Å². The number of thiol groups is 1. The van der Waals surface area contributed by atoms with Gasteiger partial charge in [0.25, 0.3) is 26.0 Å². The summed E-state index contributed by atoms with van der Waals surface area (Å²) in [4.78, 5) is 12.9. The van der Waals surface area contributed by atoms with Crippen molar-refractivity contribution in [1.29, 1.82) is 0 Å². The third-order valence-corrected chi connectivity index (χ3v) is 13.4. The average molecular weight is 660 g/mol. The van der Waals surface area contributed by atoms with Crippen LogP contribution in [0.15, 0.2) is 106 Å². The van der Waals surface area contributed by atoms with Crippen molar-refractivity contribution in [2.75, 3.05) is 6.54 Å². The predicted molar refractivity (Wildman–Crippen MR) is 166 cm³/mol. The molecule has 1 saturated heterocycles. The molecule has 1 heterocycles. The van der Waals surface area contributed by atoms with Crippen LogP contribution in [0.2, 0.25) is 0 Å². The molecule has 10 nitrogen and oxygen atoms in total. The molecule has 1 N–H and O–H groups in total. The van der Waals surface area contributed by atoms with Gasteiger partial charge in [0.05, 0.1) is 14.7 Å². The van der Waals surface area contributed by atoms with Gasteiger partial charge in [0.2, 0.25) is 10.0 Å². The molecule has 0 spiro atoms. The van der Waals surface area contributed by atoms with E-state index < -0.39 is 47.3 Å². The van der Waals surface area contributed by atoms with Crippen LogP contribution in [0.4, 0.5) is 0 Å². The van der Waals surface area contributed by atoms with Crippen LogP contribution in [0.5, 0.6) is 0 Å². The first-order chi connectivity index (χ1) is 20.2. The smallest absolute Gasteiger partial charge is 0.272 e. The summed E-state index contributed by atoms with van der Waals surface area (Å²) in [5.74, 6) is -1.13. The number of benzene rings is 4. The third-order valence-electron chi connectivity index (χ3n) is 7.14. The summed E-state index contributed by atoms with van der Waals surface area (Å²) < 4.78 is 83.4. The molecule has 1 aliphatic heterocycles. The first-order valence-corrected chi connectivity index (χ1v) is 18.0. The van der Waals surface area contributed by atoms with E-state index in [0.717, 1.165) is 20.8 Å². The molecule has 1 fully saturated rings. The monoisotopic (exact) mass is 659 g/mol. The third kappa shape index (κ3) is 6.08. The fourth-order valence-electron chi connectivity index (χ4n) is 4.78. The molecule has 0 bridgehead atoms. The Bertz CT molecular complexity index is 1940. The zero-order valence-electron chi connectivity index (χ0n) is 23.2. The van der Waals surface area contributed by atoms with Gasteiger partial charge in [0, 0.05) is 15.6 Å². The quantitative estimate of drug-likeness (QED) is 0.218. The Balaban J connectivity index is 1.54. The van der Waals surface area contributed by atoms with Crippen molar-refractivity contribution in [2.24, 2.45) is 0 Å². The first-order valence-electron chi connectivity index (χ1n) is 13.1. The Hall–Kier alpha value is -3.27. The van der Waals surface area contributed by atoms with Gasteiger partial charge in [-0.25, -0.2) is 25.3 Å². The number of nitrogens with one attached hydrogen (secondary N) is 1. The van der Waals surface area contributed by atoms with Crippen LogP contribution in [0.3, 0.4) is 0 Å². The molecule has 0 radical (unpaired) electrons. The molecule has 1 aliphatic rings. The van der Waals surface area contributed by atoms with Crippen LogP contribution >= 0.6 is 12.6 Å². The van der Waals surface area contributed by atoms with E-state index in [2.05, 4.69) is 12.6 Å². The van der Waals surface area contributed by atoms with Crippen LogP contribution in [0.25, 0.3) is 10.8 Å². The second kappa shape index (κ2) is 11.7. The molecule has 0 unspecified atom stereocenters. The van der Waals surface area contributed by atoms with Crippen LogP contribution in [0, 0.1) is 13.8 Å². The summed E-state index contributed by atoms with van der Waals surface area (Å²) in [5.41, 5.74) is 3.51. The highest BCUT2D eigenvalue weighted by Crippen LogP contribution is 2.31. The van der Waals surface area contributed by atoms with Gasteiger partial charge in [0.1, 0.15) is 6.04 Å². The number of fused-ring (bicyclic) bond motifs is 1. The summed E-state index contributed by atoms with van der Waals surface area (Å²) in [5, 5.41) is 0.926. The molecule has 0 saturated carbocycles. The van der Waals surface area contributed by atoms with Crippen LogP contribution < -0.4 is 5.43 Å². The number of hydrogen-bond acceptors (Lipinski definition) is 8. The van der Waals surface area contributed by atoms with Gasteiger partial charge in [-0.15, -0.1) is 0 Å². The highest BCUT2D eigenvalue weighted by Gasteiger charge is 2.46. The van der Waals surface area contributed by atoms with Gasteiger partial charge in [0.15, 0.2) is 0 Å². The van der Waals surface area contributed by atoms with Crippen molar-refractivity contribution in [3.8, 4) is 0 Å². The highest BCUT2D eigenvalue weighted by molar-refractivity contribution is 8.04. The summed E-state index contributed by atoms with van der Waals surface area (Å²) >= 11 is 4.41. The lowest BCUT2D eigenvalue weighted by Gasteiger charge is -2.27. The Morgan fingerprint density at radius 2 is 1.23 bits per heavy atom. The average Bonchev–Trinajstić information content (AvgIpc) is 3.38. The van der Waals surface area contributed by atoms with Gasteiger partial charge in [-0.2, -0.15) is 16.9 Å². The normalized spacial score (nSPS) is 18.2. The summed E-state index contributed by atoms with van der Waals surface area (Å²) in [6.07, 6.45) is -0.0786. The van der Waals surface area contributed by atoms with Crippen LogP contribution in [-0.2, 0) is 34.9 Å². The zero-order chi connectivity index (χ0) is 31.2. The largest absolute Gasteiger partial charge is 0.274 e. The van der Waals surface area contributed by atoms with Crippen LogP contribution in [-0.4, -0.2) is 57.1 Å². The second-order valence-electron chi connectivity index (χ2n) is 10.3. The lowest BCUT2D eigenvalue weighted by molar-refractivity contribution is -0.126. The van der Waals surface area contributed by atoms with E-state index in [9.17, 15) is 30.0 Å². The highest BCUT2D eigenvalue weighted by atomic mass is 32.3. The molecule has 226 valence electrons. The molecule has 4 aromatic rings. The summed E-state index contributed by atoms with van der Waals surface area (Å²) in [6, 6.07) is 21.2. The molecule has 0 aliphatic carbocycles. The van der Waals surface area contributed by atoms with E-state index in [0.29, 0.717) is 5.39 Å². The number of nitrogens with zero attached hydrogens (tertiary/aromatic N) is 2. The van der Waals surface area contributed by atoms with Crippen molar-refractivity contribution >= 4 is 59.4 Å². The maximum Gasteiger partial charge on any atom is 0.274 e. The standard InChI is InChI=1S/C29H29N3O7S4/c1-20-7-12-25(13-8-20)42(36,37)32(43(38,39)26-14-9-21(2)10-15-26)30-29(33)28-18-24(40)19-31(28)41(34,35)27-16-11-22-5-3-4-6-23(22)17-27/h3-17,24,28,40H,18-19H2,1-2H3,(H,30,33)/t24-,28+/m1/s1. The Morgan fingerprint density at radius 1 is 0.744 bits per heavy atom. The fourth-order valence-corrected chi connectivity index (χ4v) is 10.3. The van der Waals surface area contributed by atoms with Crippen molar-refractivity contribution in [3.63, 3.8) is 0 Å². The predicted octanol–water partition coefficient (Wildman–Crippen LogP) is 3.63. The molecule has 2 atom stereocenters. The Morgan fingerprint density at radius 3 is 1.77 bits per heavy atom. The topological polar surface area (TPSA) is 138 Å². The molecule has 5 rings (SSSR count). The van der Waals surface area contributed by atoms with Crippen molar-refractivity contribution in [2.45, 2.75) is 46.2 Å². The maximum atomic E-state index is 13.8. The van der Waals surface area contributed by atoms with Crippen molar-refractivity contribution < 1.29 is 30.0 Å². The van der Waals surface area contributed by atoms with Gasteiger partial charge in [-0.3, -0.25) is 10.2 Å². The minimum Gasteiger partial charge on any atom is -0.272 e. The number of rotatable bonds is 8. The van der Waals surface area contributed by atoms with Gasteiger partial charge in [-0.05, 0) is 67.4 Å². The van der Waals surface area contributed by atoms with E-state index in [1.165, 1.54) is 60.7 Å². The van der Waals surface area contributed by atoms with E-state index in [1.807, 2.05) is 17.6 Å². The molecule has 43 heavy (non-hydrogen) atoms. The molecule has 0 aromatic heterocycles. The van der Waals surface area contributed by atoms with Gasteiger partial charge >= 0.3 is 0 Å². The fraction of sp³-hybridized carbons (Fsp3) is 0.207. The number of aryl methyl sites for hydroxylation is 2. The molecular formula is C29H29N3O7S4. The first kappa shape index (κ1) is 31.2. The zero-order valence-corrected chi connectivity index (χ0v) is 26.5. The number of amides is 1. The SMILES string of the molecule is Cc1ccc(S(=O)(=O)N(NC(=O)[C@@H]2C[C@@H](S)CN2S(=O)(=O)c2ccc3ccccc3c2)S(=O)(=O)c2ccc(C)cc2)cc1. The molecular weight excluding hydrogens is 631 g/mol. The van der Waals surface area contributed by atoms with E-state index in [1.54, 1.807) is 32.0 Å². The molecule has 4 aromatic carbocycles. The minimum atomic E-state index is -4.88. The molecule has 14 heteroatoms. The van der Waals surface area contributed by atoms with E-state index in [4.69, 9.17) is 0 Å². The number of hydrazine groups is 1. The summed E-state index contributed by atoms with van der Waals surface area (Å²) in [6.45, 7) is 3.32. The number of hydrogen-bond donors (Lipinski definition) is 2. The molecule has 1 amide bonds. The van der Waals surface area contributed by atoms with Crippen LogP contribution in [0.1, 0.15) is 17.5 Å². The van der Waals surface area contributed by atoms with Gasteiger partial charge in [-0.1, -0.05) is 65.7 Å². The van der Waals surface area contributed by atoms with Crippen molar-refractivity contribution in [1.82, 2.24) is 13.6 Å². The lowest BCUT2D eigenvalue weighted by Crippen LogP contribution is -2.55. The maximum absolute atomic E-state index is 13.8. The second-order valence-corrected chi connectivity index (χ2v) is 16.7. The minimum absolute atomic E-state index is 0.0668. The van der Waals surface area contributed by atoms with E-state index in [-0.39, 0.29) is 31.5 Å². The number of sulfonamides is 3.